The molecule has 96 valence electrons. The van der Waals surface area contributed by atoms with Crippen LogP contribution in [0.25, 0.3) is 0 Å². The molecule has 1 aromatic rings. The van der Waals surface area contributed by atoms with Crippen LogP contribution in [0.3, 0.4) is 0 Å². The zero-order valence-electron chi connectivity index (χ0n) is 10.2. The van der Waals surface area contributed by atoms with E-state index < -0.39 is 5.97 Å². The molecule has 1 aromatic heterocycles. The molecule has 3 fully saturated rings. The van der Waals surface area contributed by atoms with E-state index in [0.29, 0.717) is 17.9 Å². The van der Waals surface area contributed by atoms with Gasteiger partial charge in [0.2, 0.25) is 0 Å². The minimum atomic E-state index is -0.925. The first kappa shape index (κ1) is 10.5. The smallest absolute Gasteiger partial charge is 0.358 e. The molecule has 0 amide bonds. The lowest BCUT2D eigenvalue weighted by molar-refractivity contribution is 0.0689. The first-order chi connectivity index (χ1) is 8.74. The Balaban J connectivity index is 1.74. The number of nitrogens with zero attached hydrogens (tertiary/aromatic N) is 3. The molecule has 2 bridgehead atoms. The third-order valence-electron chi connectivity index (χ3n) is 4.91. The highest BCUT2D eigenvalue weighted by molar-refractivity contribution is 5.86. The number of hydrogen-bond donors (Lipinski definition) is 1. The lowest BCUT2D eigenvalue weighted by Gasteiger charge is -2.23. The van der Waals surface area contributed by atoms with Crippen molar-refractivity contribution in [3.8, 4) is 0 Å². The maximum absolute atomic E-state index is 11.2. The molecule has 18 heavy (non-hydrogen) atoms. The van der Waals surface area contributed by atoms with Gasteiger partial charge in [-0.2, -0.15) is 0 Å². The van der Waals surface area contributed by atoms with Gasteiger partial charge in [0, 0.05) is 5.92 Å². The molecule has 1 heterocycles. The van der Waals surface area contributed by atoms with Crippen LogP contribution in [-0.2, 0) is 0 Å². The highest BCUT2D eigenvalue weighted by Crippen LogP contribution is 2.52. The summed E-state index contributed by atoms with van der Waals surface area (Å²) in [7, 11) is 0. The Bertz CT molecular complexity index is 506. The zero-order chi connectivity index (χ0) is 12.3. The first-order valence-electron chi connectivity index (χ1n) is 6.92. The summed E-state index contributed by atoms with van der Waals surface area (Å²) in [5, 5.41) is 17.3. The fourth-order valence-corrected chi connectivity index (χ4v) is 3.95. The summed E-state index contributed by atoms with van der Waals surface area (Å²) in [6.07, 6.45) is 7.29. The number of fused-ring (bicyclic) bond motifs is 2. The average molecular weight is 247 g/mol. The van der Waals surface area contributed by atoms with Crippen molar-refractivity contribution in [1.82, 2.24) is 15.0 Å². The van der Waals surface area contributed by atoms with Crippen molar-refractivity contribution in [3.63, 3.8) is 0 Å². The molecule has 3 saturated carbocycles. The highest BCUT2D eigenvalue weighted by atomic mass is 16.4. The normalized spacial score (nSPS) is 34.1. The number of hydrogen-bond acceptors (Lipinski definition) is 3. The minimum absolute atomic E-state index is 0.195. The Morgan fingerprint density at radius 2 is 2.06 bits per heavy atom. The summed E-state index contributed by atoms with van der Waals surface area (Å²) in [5.41, 5.74) is 1.10. The maximum Gasteiger partial charge on any atom is 0.358 e. The van der Waals surface area contributed by atoms with Crippen molar-refractivity contribution in [2.75, 3.05) is 0 Å². The monoisotopic (exact) mass is 247 g/mol. The second-order valence-corrected chi connectivity index (χ2v) is 6.09. The van der Waals surface area contributed by atoms with Crippen LogP contribution >= 0.6 is 0 Å². The van der Waals surface area contributed by atoms with Crippen molar-refractivity contribution in [3.05, 3.63) is 11.4 Å². The van der Waals surface area contributed by atoms with Gasteiger partial charge < -0.3 is 5.11 Å². The van der Waals surface area contributed by atoms with Gasteiger partial charge in [-0.1, -0.05) is 11.6 Å². The van der Waals surface area contributed by atoms with Crippen molar-refractivity contribution in [2.24, 2.45) is 11.8 Å². The molecule has 3 aliphatic carbocycles. The van der Waals surface area contributed by atoms with Gasteiger partial charge in [-0.3, -0.25) is 0 Å². The number of carboxylic acids is 1. The fourth-order valence-electron chi connectivity index (χ4n) is 3.95. The Morgan fingerprint density at radius 3 is 2.61 bits per heavy atom. The third kappa shape index (κ3) is 1.42. The molecule has 0 radical (unpaired) electrons. The lowest BCUT2D eigenvalue weighted by atomic mass is 9.95. The predicted octanol–water partition coefficient (Wildman–Crippen LogP) is 2.21. The summed E-state index contributed by atoms with van der Waals surface area (Å²) in [6, 6.07) is 0.417. The quantitative estimate of drug-likeness (QED) is 0.889. The molecule has 0 aromatic carbocycles. The predicted molar refractivity (Wildman–Crippen MR) is 63.4 cm³/mol. The van der Waals surface area contributed by atoms with Crippen molar-refractivity contribution in [1.29, 1.82) is 0 Å². The lowest BCUT2D eigenvalue weighted by Crippen LogP contribution is -2.20. The van der Waals surface area contributed by atoms with Crippen molar-refractivity contribution < 1.29 is 9.90 Å². The number of rotatable bonds is 3. The molecule has 0 aliphatic heterocycles. The van der Waals surface area contributed by atoms with Crippen LogP contribution in [0.4, 0.5) is 0 Å². The van der Waals surface area contributed by atoms with Crippen LogP contribution in [0.15, 0.2) is 0 Å². The Hall–Kier alpha value is -1.39. The molecule has 4 rings (SSSR count). The number of aromatic carboxylic acids is 1. The summed E-state index contributed by atoms with van der Waals surface area (Å²) in [5.74, 6) is 1.01. The Morgan fingerprint density at radius 1 is 1.22 bits per heavy atom. The zero-order valence-corrected chi connectivity index (χ0v) is 10.2. The second-order valence-electron chi connectivity index (χ2n) is 6.09. The molecule has 3 atom stereocenters. The van der Waals surface area contributed by atoms with Crippen molar-refractivity contribution >= 4 is 5.97 Å². The highest BCUT2D eigenvalue weighted by Gasteiger charge is 2.44. The van der Waals surface area contributed by atoms with E-state index in [1.165, 1.54) is 25.7 Å². The van der Waals surface area contributed by atoms with E-state index in [0.717, 1.165) is 24.5 Å². The Kier molecular flexibility index (Phi) is 2.08. The van der Waals surface area contributed by atoms with Crippen LogP contribution in [-0.4, -0.2) is 26.1 Å². The largest absolute Gasteiger partial charge is 0.476 e. The van der Waals surface area contributed by atoms with Gasteiger partial charge in [0.1, 0.15) is 0 Å². The molecular formula is C13H17N3O2. The van der Waals surface area contributed by atoms with E-state index in [4.69, 9.17) is 0 Å². The van der Waals surface area contributed by atoms with E-state index in [9.17, 15) is 9.90 Å². The molecule has 0 saturated heterocycles. The van der Waals surface area contributed by atoms with E-state index in [2.05, 4.69) is 10.3 Å². The van der Waals surface area contributed by atoms with Gasteiger partial charge in [0.15, 0.2) is 5.69 Å². The van der Waals surface area contributed by atoms with E-state index in [-0.39, 0.29) is 5.69 Å². The average Bonchev–Trinajstić information content (AvgIpc) is 2.81. The van der Waals surface area contributed by atoms with E-state index in [1.807, 2.05) is 4.68 Å². The summed E-state index contributed by atoms with van der Waals surface area (Å²) < 4.78 is 1.98. The van der Waals surface area contributed by atoms with Gasteiger partial charge >= 0.3 is 5.97 Å². The minimum Gasteiger partial charge on any atom is -0.476 e. The van der Waals surface area contributed by atoms with Crippen LogP contribution in [0.1, 0.15) is 66.7 Å². The van der Waals surface area contributed by atoms with Gasteiger partial charge in [0.25, 0.3) is 0 Å². The maximum atomic E-state index is 11.2. The molecule has 3 unspecified atom stereocenters. The second kappa shape index (κ2) is 3.56. The summed E-state index contributed by atoms with van der Waals surface area (Å²) >= 11 is 0. The molecular weight excluding hydrogens is 230 g/mol. The van der Waals surface area contributed by atoms with E-state index in [1.54, 1.807) is 0 Å². The van der Waals surface area contributed by atoms with Crippen molar-refractivity contribution in [2.45, 2.75) is 50.5 Å². The number of carbonyl (C=O) groups is 1. The van der Waals surface area contributed by atoms with Crippen LogP contribution < -0.4 is 0 Å². The van der Waals surface area contributed by atoms with Crippen LogP contribution in [0, 0.1) is 11.8 Å². The molecule has 5 heteroatoms. The third-order valence-corrected chi connectivity index (χ3v) is 4.91. The standard InChI is InChI=1S/C13H17N3O2/c17-13(18)11-12(8-3-4-8)16(15-14-11)10-6-7-1-2-9(10)5-7/h7-10H,1-6H2,(H,17,18). The number of carboxylic acid groups (broad SMARTS) is 1. The first-order valence-corrected chi connectivity index (χ1v) is 6.92. The fraction of sp³-hybridized carbons (Fsp3) is 0.769. The molecule has 1 N–H and O–H groups in total. The molecule has 5 nitrogen and oxygen atoms in total. The topological polar surface area (TPSA) is 68.0 Å². The molecule has 0 spiro atoms. The summed E-state index contributed by atoms with van der Waals surface area (Å²) in [4.78, 5) is 11.2. The number of aromatic nitrogens is 3. The van der Waals surface area contributed by atoms with Crippen LogP contribution in [0.5, 0.6) is 0 Å². The van der Waals surface area contributed by atoms with Crippen LogP contribution in [0.2, 0.25) is 0 Å². The Labute approximate surface area is 105 Å². The van der Waals surface area contributed by atoms with E-state index >= 15 is 0 Å². The molecule has 3 aliphatic rings. The summed E-state index contributed by atoms with van der Waals surface area (Å²) in [6.45, 7) is 0. The van der Waals surface area contributed by atoms with Gasteiger partial charge in [0.05, 0.1) is 11.7 Å². The van der Waals surface area contributed by atoms with Gasteiger partial charge in [-0.15, -0.1) is 5.10 Å². The SMILES string of the molecule is O=C(O)c1nnn(C2CC3CCC2C3)c1C1CC1. The van der Waals surface area contributed by atoms with Gasteiger partial charge in [-0.05, 0) is 43.9 Å². The van der Waals surface area contributed by atoms with Gasteiger partial charge in [-0.25, -0.2) is 9.48 Å².